The normalized spacial score (nSPS) is 10.6. The Hall–Kier alpha value is -2.52. The maximum Gasteiger partial charge on any atom is 0.172 e. The molecule has 0 saturated heterocycles. The molecule has 0 amide bonds. The highest BCUT2D eigenvalue weighted by molar-refractivity contribution is 7.99. The molecule has 0 spiro atoms. The van der Waals surface area contributed by atoms with Gasteiger partial charge in [0.05, 0.1) is 16.7 Å². The predicted octanol–water partition coefficient (Wildman–Crippen LogP) is 2.87. The number of nitriles is 1. The van der Waals surface area contributed by atoms with Gasteiger partial charge >= 0.3 is 0 Å². The first-order valence-electron chi connectivity index (χ1n) is 5.96. The number of aromatic nitrogens is 3. The highest BCUT2D eigenvalue weighted by Crippen LogP contribution is 2.27. The summed E-state index contributed by atoms with van der Waals surface area (Å²) in [7, 11) is 0. The lowest BCUT2D eigenvalue weighted by Crippen LogP contribution is -1.94. The molecular weight excluding hydrogens is 270 g/mol. The van der Waals surface area contributed by atoms with E-state index in [4.69, 9.17) is 11.0 Å². The summed E-state index contributed by atoms with van der Waals surface area (Å²) < 4.78 is 0. The monoisotopic (exact) mass is 281 g/mol. The number of imidazole rings is 1. The lowest BCUT2D eigenvalue weighted by Gasteiger charge is -1.99. The van der Waals surface area contributed by atoms with Crippen LogP contribution in [0.5, 0.6) is 0 Å². The summed E-state index contributed by atoms with van der Waals surface area (Å²) in [6.07, 6.45) is 0. The summed E-state index contributed by atoms with van der Waals surface area (Å²) in [5.74, 6) is 0. The minimum absolute atomic E-state index is 0.238. The van der Waals surface area contributed by atoms with Gasteiger partial charge in [-0.1, -0.05) is 6.07 Å². The molecule has 0 radical (unpaired) electrons. The predicted molar refractivity (Wildman–Crippen MR) is 78.3 cm³/mol. The van der Waals surface area contributed by atoms with Crippen LogP contribution in [0.3, 0.4) is 0 Å². The minimum atomic E-state index is 0.238. The number of rotatable bonds is 2. The van der Waals surface area contributed by atoms with Crippen LogP contribution >= 0.6 is 11.8 Å². The Bertz CT molecular complexity index is 831. The molecule has 0 aliphatic carbocycles. The SMILES string of the molecule is Cc1ccc2nc(Sc3ccc(N)c(C#N)n3)[nH]c2c1. The molecule has 0 atom stereocenters. The third-order valence-corrected chi connectivity index (χ3v) is 3.65. The van der Waals surface area contributed by atoms with Gasteiger partial charge in [0.15, 0.2) is 10.9 Å². The molecule has 2 aromatic heterocycles. The molecule has 5 nitrogen and oxygen atoms in total. The van der Waals surface area contributed by atoms with E-state index in [0.29, 0.717) is 10.7 Å². The second-order valence-electron chi connectivity index (χ2n) is 4.36. The van der Waals surface area contributed by atoms with E-state index >= 15 is 0 Å². The van der Waals surface area contributed by atoms with Crippen LogP contribution in [0.1, 0.15) is 11.3 Å². The van der Waals surface area contributed by atoms with Crippen molar-refractivity contribution in [2.24, 2.45) is 0 Å². The van der Waals surface area contributed by atoms with Crippen molar-refractivity contribution in [1.82, 2.24) is 15.0 Å². The fraction of sp³-hybridized carbons (Fsp3) is 0.0714. The maximum atomic E-state index is 8.93. The van der Waals surface area contributed by atoms with E-state index in [-0.39, 0.29) is 5.69 Å². The van der Waals surface area contributed by atoms with Gasteiger partial charge in [0.25, 0.3) is 0 Å². The van der Waals surface area contributed by atoms with Gasteiger partial charge in [-0.25, -0.2) is 9.97 Å². The summed E-state index contributed by atoms with van der Waals surface area (Å²) in [6.45, 7) is 2.04. The van der Waals surface area contributed by atoms with Crippen molar-refractivity contribution in [3.8, 4) is 6.07 Å². The van der Waals surface area contributed by atoms with Gasteiger partial charge in [-0.15, -0.1) is 0 Å². The van der Waals surface area contributed by atoms with Crippen LogP contribution in [0.15, 0.2) is 40.5 Å². The number of hydrogen-bond acceptors (Lipinski definition) is 5. The number of H-pyrrole nitrogens is 1. The topological polar surface area (TPSA) is 91.4 Å². The lowest BCUT2D eigenvalue weighted by molar-refractivity contribution is 1.05. The quantitative estimate of drug-likeness (QED) is 0.753. The summed E-state index contributed by atoms with van der Waals surface area (Å²) in [6, 6.07) is 11.5. The highest BCUT2D eigenvalue weighted by Gasteiger charge is 2.08. The zero-order valence-corrected chi connectivity index (χ0v) is 11.5. The number of fused-ring (bicyclic) bond motifs is 1. The molecule has 0 saturated carbocycles. The van der Waals surface area contributed by atoms with Crippen LogP contribution in [0.4, 0.5) is 5.69 Å². The smallest absolute Gasteiger partial charge is 0.172 e. The molecule has 1 aromatic carbocycles. The average molecular weight is 281 g/mol. The minimum Gasteiger partial charge on any atom is -0.396 e. The van der Waals surface area contributed by atoms with E-state index in [9.17, 15) is 0 Å². The van der Waals surface area contributed by atoms with Crippen molar-refractivity contribution < 1.29 is 0 Å². The van der Waals surface area contributed by atoms with Crippen LogP contribution in [0.25, 0.3) is 11.0 Å². The number of nitrogen functional groups attached to an aromatic ring is 1. The fourth-order valence-electron chi connectivity index (χ4n) is 1.85. The Morgan fingerprint density at radius 3 is 2.90 bits per heavy atom. The molecule has 3 aromatic rings. The van der Waals surface area contributed by atoms with Crippen molar-refractivity contribution in [1.29, 1.82) is 5.26 Å². The van der Waals surface area contributed by atoms with Gasteiger partial charge in [0.1, 0.15) is 11.1 Å². The van der Waals surface area contributed by atoms with Gasteiger partial charge < -0.3 is 10.7 Å². The van der Waals surface area contributed by atoms with Crippen LogP contribution in [0.2, 0.25) is 0 Å². The number of nitrogens with zero attached hydrogens (tertiary/aromatic N) is 3. The summed E-state index contributed by atoms with van der Waals surface area (Å²) >= 11 is 1.37. The zero-order valence-electron chi connectivity index (χ0n) is 10.7. The molecule has 3 N–H and O–H groups in total. The molecule has 0 bridgehead atoms. The lowest BCUT2D eigenvalue weighted by atomic mass is 10.2. The van der Waals surface area contributed by atoms with Gasteiger partial charge in [0, 0.05) is 0 Å². The zero-order chi connectivity index (χ0) is 14.1. The standard InChI is InChI=1S/C14H11N5S/c1-8-2-4-10-11(6-8)19-14(18-10)20-13-5-3-9(16)12(7-15)17-13/h2-6H,16H2,1H3,(H,18,19). The van der Waals surface area contributed by atoms with Crippen LogP contribution in [-0.4, -0.2) is 15.0 Å². The molecule has 98 valence electrons. The number of anilines is 1. The van der Waals surface area contributed by atoms with E-state index in [1.165, 1.54) is 17.3 Å². The number of nitrogens with one attached hydrogen (secondary N) is 1. The highest BCUT2D eigenvalue weighted by atomic mass is 32.2. The van der Waals surface area contributed by atoms with E-state index in [1.54, 1.807) is 12.1 Å². The van der Waals surface area contributed by atoms with Crippen molar-refractivity contribution in [2.75, 3.05) is 5.73 Å². The Balaban J connectivity index is 1.95. The number of benzene rings is 1. The summed E-state index contributed by atoms with van der Waals surface area (Å²) in [5, 5.41) is 10.4. The molecule has 0 aliphatic rings. The Morgan fingerprint density at radius 2 is 2.10 bits per heavy atom. The van der Waals surface area contributed by atoms with Gasteiger partial charge in [-0.05, 0) is 48.5 Å². The third-order valence-electron chi connectivity index (χ3n) is 2.82. The van der Waals surface area contributed by atoms with Gasteiger partial charge in [-0.2, -0.15) is 5.26 Å². The Morgan fingerprint density at radius 1 is 1.25 bits per heavy atom. The average Bonchev–Trinajstić information content (AvgIpc) is 2.82. The molecular formula is C14H11N5S. The van der Waals surface area contributed by atoms with Crippen LogP contribution < -0.4 is 5.73 Å². The van der Waals surface area contributed by atoms with Gasteiger partial charge in [0.2, 0.25) is 0 Å². The fourth-order valence-corrected chi connectivity index (χ4v) is 2.62. The number of pyridine rings is 1. The molecule has 0 aliphatic heterocycles. The molecule has 3 rings (SSSR count). The largest absolute Gasteiger partial charge is 0.396 e. The van der Waals surface area contributed by atoms with Crippen molar-refractivity contribution >= 4 is 28.5 Å². The molecule has 20 heavy (non-hydrogen) atoms. The second kappa shape index (κ2) is 4.87. The van der Waals surface area contributed by atoms with Crippen LogP contribution in [-0.2, 0) is 0 Å². The molecule has 2 heterocycles. The number of aromatic amines is 1. The van der Waals surface area contributed by atoms with E-state index in [0.717, 1.165) is 16.2 Å². The summed E-state index contributed by atoms with van der Waals surface area (Å²) in [5.41, 5.74) is 9.35. The first kappa shape index (κ1) is 12.5. The van der Waals surface area contributed by atoms with Crippen molar-refractivity contribution in [3.05, 3.63) is 41.6 Å². The van der Waals surface area contributed by atoms with Crippen molar-refractivity contribution in [2.45, 2.75) is 17.1 Å². The Labute approximate surface area is 119 Å². The number of hydrogen-bond donors (Lipinski definition) is 2. The van der Waals surface area contributed by atoms with Crippen molar-refractivity contribution in [3.63, 3.8) is 0 Å². The van der Waals surface area contributed by atoms with Crippen LogP contribution in [0, 0.1) is 18.3 Å². The molecule has 0 fully saturated rings. The Kier molecular flexibility index (Phi) is 3.05. The summed E-state index contributed by atoms with van der Waals surface area (Å²) in [4.78, 5) is 11.9. The molecule has 0 unspecified atom stereocenters. The number of nitrogens with two attached hydrogens (primary N) is 1. The van der Waals surface area contributed by atoms with E-state index < -0.39 is 0 Å². The maximum absolute atomic E-state index is 8.93. The van der Waals surface area contributed by atoms with E-state index in [1.807, 2.05) is 31.2 Å². The van der Waals surface area contributed by atoms with E-state index in [2.05, 4.69) is 15.0 Å². The first-order valence-corrected chi connectivity index (χ1v) is 6.78. The molecule has 6 heteroatoms. The second-order valence-corrected chi connectivity index (χ2v) is 5.37. The third kappa shape index (κ3) is 2.31. The first-order chi connectivity index (χ1) is 9.65. The number of aryl methyl sites for hydroxylation is 1. The van der Waals surface area contributed by atoms with Gasteiger partial charge in [-0.3, -0.25) is 0 Å².